The van der Waals surface area contributed by atoms with Crippen molar-refractivity contribution < 1.29 is 0 Å². The smallest absolute Gasteiger partial charge is 0.163 e. The van der Waals surface area contributed by atoms with Gasteiger partial charge in [0.2, 0.25) is 0 Å². The fraction of sp³-hybridized carbons (Fsp3) is 0.200. The maximum Gasteiger partial charge on any atom is 0.163 e. The van der Waals surface area contributed by atoms with E-state index in [9.17, 15) is 0 Å². The van der Waals surface area contributed by atoms with E-state index in [1.165, 1.54) is 10.1 Å². The van der Waals surface area contributed by atoms with Crippen molar-refractivity contribution in [2.24, 2.45) is 5.84 Å². The molecule has 0 aliphatic heterocycles. The number of anilines is 1. The van der Waals surface area contributed by atoms with E-state index >= 15 is 0 Å². The quantitative estimate of drug-likeness (QED) is 0.567. The number of nitrogens with one attached hydrogen (secondary N) is 1. The predicted octanol–water partition coefficient (Wildman–Crippen LogP) is 3.77. The molecular weight excluding hydrogens is 268 g/mol. The van der Waals surface area contributed by atoms with E-state index in [1.54, 1.807) is 11.3 Å². The summed E-state index contributed by atoms with van der Waals surface area (Å²) in [5.74, 6) is 7.21. The van der Waals surface area contributed by atoms with Gasteiger partial charge in [0, 0.05) is 32.8 Å². The van der Waals surface area contributed by atoms with Crippen molar-refractivity contribution in [3.05, 3.63) is 41.4 Å². The van der Waals surface area contributed by atoms with Crippen LogP contribution >= 0.6 is 11.3 Å². The molecule has 3 aromatic rings. The first-order valence-corrected chi connectivity index (χ1v) is 7.39. The number of rotatable bonds is 3. The van der Waals surface area contributed by atoms with Crippen LogP contribution in [0.4, 0.5) is 5.82 Å². The molecule has 3 N–H and O–H groups in total. The lowest BCUT2D eigenvalue weighted by Gasteiger charge is -2.09. The lowest BCUT2D eigenvalue weighted by Crippen LogP contribution is -2.11. The zero-order valence-corrected chi connectivity index (χ0v) is 12.2. The Morgan fingerprint density at radius 1 is 1.20 bits per heavy atom. The van der Waals surface area contributed by atoms with Crippen LogP contribution in [0.1, 0.15) is 25.5 Å². The molecule has 0 fully saturated rings. The lowest BCUT2D eigenvalue weighted by atomic mass is 10.1. The Hall–Kier alpha value is -1.98. The van der Waals surface area contributed by atoms with Crippen LogP contribution in [-0.2, 0) is 0 Å². The number of hydrazine groups is 1. The molecule has 0 spiro atoms. The molecule has 0 atom stereocenters. The molecular formula is C15H16N4S. The van der Waals surface area contributed by atoms with Crippen molar-refractivity contribution in [2.75, 3.05) is 5.43 Å². The van der Waals surface area contributed by atoms with Crippen LogP contribution in [0.15, 0.2) is 35.7 Å². The molecule has 2 aromatic heterocycles. The summed E-state index contributed by atoms with van der Waals surface area (Å²) >= 11 is 1.70. The first-order chi connectivity index (χ1) is 9.69. The first-order valence-electron chi connectivity index (χ1n) is 6.51. The summed E-state index contributed by atoms with van der Waals surface area (Å²) < 4.78 is 1.24. The fourth-order valence-corrected chi connectivity index (χ4v) is 3.05. The van der Waals surface area contributed by atoms with Crippen molar-refractivity contribution in [1.29, 1.82) is 0 Å². The Labute approximate surface area is 121 Å². The fourth-order valence-electron chi connectivity index (χ4n) is 2.11. The third-order valence-corrected chi connectivity index (χ3v) is 4.17. The molecule has 4 nitrogen and oxygen atoms in total. The number of nitrogen functional groups attached to an aromatic ring is 1. The molecule has 0 amide bonds. The number of nitrogens with zero attached hydrogens (tertiary/aromatic N) is 2. The third kappa shape index (κ3) is 2.26. The van der Waals surface area contributed by atoms with Crippen molar-refractivity contribution in [2.45, 2.75) is 19.8 Å². The average Bonchev–Trinajstić information content (AvgIpc) is 2.90. The van der Waals surface area contributed by atoms with E-state index < -0.39 is 0 Å². The zero-order chi connectivity index (χ0) is 14.1. The summed E-state index contributed by atoms with van der Waals surface area (Å²) in [6, 6.07) is 10.2. The molecule has 0 unspecified atom stereocenters. The maximum absolute atomic E-state index is 5.52. The second-order valence-electron chi connectivity index (χ2n) is 4.95. The van der Waals surface area contributed by atoms with Crippen molar-refractivity contribution in [3.63, 3.8) is 0 Å². The number of nitrogens with two attached hydrogens (primary N) is 1. The van der Waals surface area contributed by atoms with Crippen molar-refractivity contribution in [1.82, 2.24) is 9.97 Å². The van der Waals surface area contributed by atoms with Gasteiger partial charge in [-0.05, 0) is 12.0 Å². The van der Waals surface area contributed by atoms with Gasteiger partial charge in [0.1, 0.15) is 5.82 Å². The molecule has 20 heavy (non-hydrogen) atoms. The van der Waals surface area contributed by atoms with Gasteiger partial charge in [-0.1, -0.05) is 32.0 Å². The summed E-state index contributed by atoms with van der Waals surface area (Å²) in [5, 5.41) is 3.28. The standard InChI is InChI=1S/C15H16N4S/c1-9(2)12-7-14(19-16)18-15(17-12)11-8-20-13-6-4-3-5-10(11)13/h3-9H,16H2,1-2H3,(H,17,18,19). The molecule has 0 saturated heterocycles. The highest BCUT2D eigenvalue weighted by atomic mass is 32.1. The van der Waals surface area contributed by atoms with Gasteiger partial charge in [0.15, 0.2) is 5.82 Å². The normalized spacial score (nSPS) is 11.2. The van der Waals surface area contributed by atoms with Crippen LogP contribution in [0.25, 0.3) is 21.5 Å². The van der Waals surface area contributed by atoms with Crippen LogP contribution in [0.5, 0.6) is 0 Å². The zero-order valence-electron chi connectivity index (χ0n) is 11.4. The second kappa shape index (κ2) is 5.19. The number of hydrogen-bond donors (Lipinski definition) is 2. The monoisotopic (exact) mass is 284 g/mol. The van der Waals surface area contributed by atoms with E-state index in [2.05, 4.69) is 46.8 Å². The van der Waals surface area contributed by atoms with Gasteiger partial charge in [-0.25, -0.2) is 15.8 Å². The molecule has 0 saturated carbocycles. The largest absolute Gasteiger partial charge is 0.308 e. The van der Waals surface area contributed by atoms with E-state index in [0.29, 0.717) is 11.7 Å². The highest BCUT2D eigenvalue weighted by Gasteiger charge is 2.12. The van der Waals surface area contributed by atoms with Gasteiger partial charge in [-0.2, -0.15) is 0 Å². The summed E-state index contributed by atoms with van der Waals surface area (Å²) in [4.78, 5) is 9.16. The number of fused-ring (bicyclic) bond motifs is 1. The van der Waals surface area contributed by atoms with Crippen molar-refractivity contribution in [3.8, 4) is 11.4 Å². The Morgan fingerprint density at radius 2 is 2.00 bits per heavy atom. The maximum atomic E-state index is 5.52. The lowest BCUT2D eigenvalue weighted by molar-refractivity contribution is 0.817. The van der Waals surface area contributed by atoms with Crippen molar-refractivity contribution >= 4 is 27.2 Å². The van der Waals surface area contributed by atoms with Crippen LogP contribution in [0, 0.1) is 0 Å². The number of thiophene rings is 1. The minimum Gasteiger partial charge on any atom is -0.308 e. The first kappa shape index (κ1) is 13.0. The summed E-state index contributed by atoms with van der Waals surface area (Å²) in [6.07, 6.45) is 0. The second-order valence-corrected chi connectivity index (χ2v) is 5.86. The Balaban J connectivity index is 2.20. The molecule has 2 heterocycles. The highest BCUT2D eigenvalue weighted by Crippen LogP contribution is 2.33. The van der Waals surface area contributed by atoms with E-state index in [0.717, 1.165) is 17.1 Å². The van der Waals surface area contributed by atoms with Crippen LogP contribution in [0.2, 0.25) is 0 Å². The summed E-state index contributed by atoms with van der Waals surface area (Å²) in [7, 11) is 0. The molecule has 0 radical (unpaired) electrons. The topological polar surface area (TPSA) is 63.8 Å². The number of benzene rings is 1. The van der Waals surface area contributed by atoms with Crippen LogP contribution in [0.3, 0.4) is 0 Å². The van der Waals surface area contributed by atoms with Crippen LogP contribution < -0.4 is 11.3 Å². The summed E-state index contributed by atoms with van der Waals surface area (Å²) in [5.41, 5.74) is 4.67. The number of aromatic nitrogens is 2. The van der Waals surface area contributed by atoms with Crippen LogP contribution in [-0.4, -0.2) is 9.97 Å². The molecule has 3 rings (SSSR count). The minimum atomic E-state index is 0.328. The molecule has 0 aliphatic carbocycles. The third-order valence-electron chi connectivity index (χ3n) is 3.21. The Kier molecular flexibility index (Phi) is 3.38. The van der Waals surface area contributed by atoms with E-state index in [-0.39, 0.29) is 0 Å². The molecule has 5 heteroatoms. The van der Waals surface area contributed by atoms with Gasteiger partial charge >= 0.3 is 0 Å². The summed E-state index contributed by atoms with van der Waals surface area (Å²) in [6.45, 7) is 4.22. The molecule has 0 bridgehead atoms. The predicted molar refractivity (Wildman–Crippen MR) is 84.8 cm³/mol. The molecule has 0 aliphatic rings. The SMILES string of the molecule is CC(C)c1cc(NN)nc(-c2csc3ccccc23)n1. The molecule has 1 aromatic carbocycles. The average molecular weight is 284 g/mol. The highest BCUT2D eigenvalue weighted by molar-refractivity contribution is 7.17. The van der Waals surface area contributed by atoms with E-state index in [1.807, 2.05) is 18.2 Å². The van der Waals surface area contributed by atoms with E-state index in [4.69, 9.17) is 5.84 Å². The minimum absolute atomic E-state index is 0.328. The Bertz CT molecular complexity index is 748. The van der Waals surface area contributed by atoms with Gasteiger partial charge in [-0.15, -0.1) is 11.3 Å². The van der Waals surface area contributed by atoms with Gasteiger partial charge in [0.25, 0.3) is 0 Å². The number of hydrogen-bond acceptors (Lipinski definition) is 5. The van der Waals surface area contributed by atoms with Gasteiger partial charge < -0.3 is 5.43 Å². The molecule has 102 valence electrons. The Morgan fingerprint density at radius 3 is 2.75 bits per heavy atom. The van der Waals surface area contributed by atoms with Gasteiger partial charge in [-0.3, -0.25) is 0 Å². The van der Waals surface area contributed by atoms with Gasteiger partial charge in [0.05, 0.1) is 0 Å².